The lowest BCUT2D eigenvalue weighted by Gasteiger charge is -2.33. The molecule has 98 valence electrons. The summed E-state index contributed by atoms with van der Waals surface area (Å²) < 4.78 is 0. The molecule has 0 unspecified atom stereocenters. The number of imide groups is 2. The molecule has 1 aliphatic heterocycles. The highest BCUT2D eigenvalue weighted by molar-refractivity contribution is 6.31. The number of barbiturate groups is 1. The fourth-order valence-corrected chi connectivity index (χ4v) is 2.28. The van der Waals surface area contributed by atoms with Gasteiger partial charge in [-0.05, 0) is 24.1 Å². The summed E-state index contributed by atoms with van der Waals surface area (Å²) >= 11 is 5.89. The lowest BCUT2D eigenvalue weighted by Crippen LogP contribution is -2.64. The zero-order chi connectivity index (χ0) is 14.0. The minimum Gasteiger partial charge on any atom is -0.277 e. The Morgan fingerprint density at radius 2 is 1.84 bits per heavy atom. The molecule has 19 heavy (non-hydrogen) atoms. The Balaban J connectivity index is 2.60. The summed E-state index contributed by atoms with van der Waals surface area (Å²) in [5.41, 5.74) is -1.09. The quantitative estimate of drug-likeness (QED) is 0.650. The first-order chi connectivity index (χ1) is 9.00. The summed E-state index contributed by atoms with van der Waals surface area (Å²) in [7, 11) is 0. The van der Waals surface area contributed by atoms with E-state index in [1.54, 1.807) is 18.2 Å². The monoisotopic (exact) mass is 278 g/mol. The van der Waals surface area contributed by atoms with E-state index in [0.717, 1.165) is 0 Å². The standard InChI is InChI=1S/C13H11ClN2O3/c1-2-6-13(8-4-3-5-9(14)7-8)10(17)15-12(19)16-11(13)18/h2-5,7H,1,6H2,(H2,15,16,17,18,19). The van der Waals surface area contributed by atoms with Crippen LogP contribution >= 0.6 is 11.6 Å². The third-order valence-corrected chi connectivity index (χ3v) is 3.23. The third-order valence-electron chi connectivity index (χ3n) is 3.00. The van der Waals surface area contributed by atoms with Crippen molar-refractivity contribution in [3.05, 3.63) is 47.5 Å². The smallest absolute Gasteiger partial charge is 0.277 e. The Hall–Kier alpha value is -2.14. The van der Waals surface area contributed by atoms with Gasteiger partial charge in [0.15, 0.2) is 5.41 Å². The van der Waals surface area contributed by atoms with Crippen LogP contribution in [0.15, 0.2) is 36.9 Å². The second kappa shape index (κ2) is 4.85. The maximum Gasteiger partial charge on any atom is 0.328 e. The van der Waals surface area contributed by atoms with Gasteiger partial charge in [0.05, 0.1) is 0 Å². The Morgan fingerprint density at radius 3 is 2.37 bits per heavy atom. The molecular weight excluding hydrogens is 268 g/mol. The summed E-state index contributed by atoms with van der Waals surface area (Å²) in [6.07, 6.45) is 1.52. The normalized spacial score (nSPS) is 17.6. The summed E-state index contributed by atoms with van der Waals surface area (Å²) in [5, 5.41) is 4.61. The Morgan fingerprint density at radius 1 is 1.21 bits per heavy atom. The van der Waals surface area contributed by atoms with Crippen LogP contribution in [0.5, 0.6) is 0 Å². The number of carbonyl (C=O) groups is 3. The molecule has 0 spiro atoms. The Kier molecular flexibility index (Phi) is 3.40. The van der Waals surface area contributed by atoms with Crippen LogP contribution in [0.1, 0.15) is 12.0 Å². The van der Waals surface area contributed by atoms with E-state index in [-0.39, 0.29) is 6.42 Å². The van der Waals surface area contributed by atoms with Crippen molar-refractivity contribution < 1.29 is 14.4 Å². The molecule has 2 N–H and O–H groups in total. The van der Waals surface area contributed by atoms with Crippen molar-refractivity contribution >= 4 is 29.4 Å². The second-order valence-corrected chi connectivity index (χ2v) is 4.58. The van der Waals surface area contributed by atoms with E-state index >= 15 is 0 Å². The zero-order valence-corrected chi connectivity index (χ0v) is 10.7. The minimum absolute atomic E-state index is 0.0677. The van der Waals surface area contributed by atoms with Gasteiger partial charge < -0.3 is 0 Å². The van der Waals surface area contributed by atoms with Crippen LogP contribution in [0.25, 0.3) is 0 Å². The van der Waals surface area contributed by atoms with Crippen molar-refractivity contribution in [3.63, 3.8) is 0 Å². The molecule has 0 aliphatic carbocycles. The minimum atomic E-state index is -1.51. The van der Waals surface area contributed by atoms with Gasteiger partial charge in [0, 0.05) is 5.02 Å². The summed E-state index contributed by atoms with van der Waals surface area (Å²) in [5.74, 6) is -1.35. The number of halogens is 1. The lowest BCUT2D eigenvalue weighted by molar-refractivity contribution is -0.138. The first-order valence-electron chi connectivity index (χ1n) is 5.54. The molecule has 0 saturated carbocycles. The molecule has 0 atom stereocenters. The topological polar surface area (TPSA) is 75.3 Å². The predicted octanol–water partition coefficient (Wildman–Crippen LogP) is 1.52. The summed E-state index contributed by atoms with van der Waals surface area (Å²) in [6, 6.07) is 5.59. The van der Waals surface area contributed by atoms with Crippen molar-refractivity contribution in [2.45, 2.75) is 11.8 Å². The van der Waals surface area contributed by atoms with Crippen LogP contribution in [-0.2, 0) is 15.0 Å². The summed E-state index contributed by atoms with van der Waals surface area (Å²) in [6.45, 7) is 3.56. The highest BCUT2D eigenvalue weighted by atomic mass is 35.5. The molecule has 1 heterocycles. The van der Waals surface area contributed by atoms with Crippen LogP contribution in [0.2, 0.25) is 5.02 Å². The maximum absolute atomic E-state index is 12.2. The van der Waals surface area contributed by atoms with Gasteiger partial charge in [0.25, 0.3) is 0 Å². The van der Waals surface area contributed by atoms with E-state index in [4.69, 9.17) is 11.6 Å². The van der Waals surface area contributed by atoms with E-state index in [9.17, 15) is 14.4 Å². The molecule has 1 aliphatic rings. The molecule has 0 aromatic heterocycles. The van der Waals surface area contributed by atoms with Gasteiger partial charge in [-0.1, -0.05) is 29.8 Å². The fraction of sp³-hybridized carbons (Fsp3) is 0.154. The van der Waals surface area contributed by atoms with E-state index in [1.807, 2.05) is 0 Å². The van der Waals surface area contributed by atoms with Gasteiger partial charge in [-0.25, -0.2) is 4.79 Å². The molecule has 0 radical (unpaired) electrons. The average molecular weight is 279 g/mol. The number of benzene rings is 1. The van der Waals surface area contributed by atoms with Crippen LogP contribution in [0.4, 0.5) is 4.79 Å². The van der Waals surface area contributed by atoms with Crippen LogP contribution in [-0.4, -0.2) is 17.8 Å². The molecule has 1 aromatic carbocycles. The molecule has 1 aromatic rings. The van der Waals surface area contributed by atoms with E-state index in [1.165, 1.54) is 12.1 Å². The SMILES string of the molecule is C=CCC1(c2cccc(Cl)c2)C(=O)NC(=O)NC1=O. The number of amides is 4. The van der Waals surface area contributed by atoms with Gasteiger partial charge in [0.2, 0.25) is 11.8 Å². The van der Waals surface area contributed by atoms with Crippen molar-refractivity contribution in [1.82, 2.24) is 10.6 Å². The predicted molar refractivity (Wildman–Crippen MR) is 69.6 cm³/mol. The first-order valence-corrected chi connectivity index (χ1v) is 5.92. The van der Waals surface area contributed by atoms with Crippen LogP contribution in [0, 0.1) is 0 Å². The second-order valence-electron chi connectivity index (χ2n) is 4.15. The van der Waals surface area contributed by atoms with Crippen LogP contribution in [0.3, 0.4) is 0 Å². The number of nitrogens with one attached hydrogen (secondary N) is 2. The maximum atomic E-state index is 12.2. The van der Waals surface area contributed by atoms with Gasteiger partial charge in [-0.3, -0.25) is 20.2 Å². The molecule has 1 fully saturated rings. The number of allylic oxidation sites excluding steroid dienone is 1. The van der Waals surface area contributed by atoms with Gasteiger partial charge in [-0.2, -0.15) is 0 Å². The lowest BCUT2D eigenvalue weighted by atomic mass is 9.75. The van der Waals surface area contributed by atoms with Crippen molar-refractivity contribution in [2.24, 2.45) is 0 Å². The van der Waals surface area contributed by atoms with Gasteiger partial charge >= 0.3 is 6.03 Å². The molecule has 1 saturated heterocycles. The Labute approximate surface area is 114 Å². The molecule has 6 heteroatoms. The van der Waals surface area contributed by atoms with Gasteiger partial charge in [0.1, 0.15) is 0 Å². The van der Waals surface area contributed by atoms with Crippen molar-refractivity contribution in [1.29, 1.82) is 0 Å². The van der Waals surface area contributed by atoms with E-state index in [2.05, 4.69) is 17.2 Å². The number of hydrogen-bond acceptors (Lipinski definition) is 3. The van der Waals surface area contributed by atoms with E-state index in [0.29, 0.717) is 10.6 Å². The van der Waals surface area contributed by atoms with Crippen molar-refractivity contribution in [2.75, 3.05) is 0 Å². The third kappa shape index (κ3) is 2.13. The zero-order valence-electron chi connectivity index (χ0n) is 9.90. The number of carbonyl (C=O) groups excluding carboxylic acids is 3. The number of rotatable bonds is 3. The molecular formula is C13H11ClN2O3. The highest BCUT2D eigenvalue weighted by Gasteiger charge is 2.50. The summed E-state index contributed by atoms with van der Waals surface area (Å²) in [4.78, 5) is 35.5. The Bertz CT molecular complexity index is 563. The first kappa shape index (κ1) is 13.3. The molecule has 4 amide bonds. The molecule has 5 nitrogen and oxygen atoms in total. The highest BCUT2D eigenvalue weighted by Crippen LogP contribution is 2.32. The van der Waals surface area contributed by atoms with Gasteiger partial charge in [-0.15, -0.1) is 6.58 Å². The number of hydrogen-bond donors (Lipinski definition) is 2. The molecule has 2 rings (SSSR count). The van der Waals surface area contributed by atoms with Crippen LogP contribution < -0.4 is 10.6 Å². The largest absolute Gasteiger partial charge is 0.328 e. The number of urea groups is 1. The molecule has 0 bridgehead atoms. The average Bonchev–Trinajstić information content (AvgIpc) is 2.33. The fourth-order valence-electron chi connectivity index (χ4n) is 2.09. The van der Waals surface area contributed by atoms with E-state index < -0.39 is 23.3 Å². The van der Waals surface area contributed by atoms with Crippen molar-refractivity contribution in [3.8, 4) is 0 Å².